The maximum atomic E-state index is 12.1. The van der Waals surface area contributed by atoms with E-state index in [2.05, 4.69) is 28.1 Å². The SMILES string of the molecule is N.N.N.N.[2H]C([2H])(OP(=O)(O)OP(=O)(O)OP(=O)(O)O)[C@@]1([2H])O[C@@H](n2cnc3c(=O)[nH]c(N)nc32)[C@H](O)[C@]1([2H])O. The molecule has 0 radical (unpaired) electrons. The second-order valence-electron chi connectivity index (χ2n) is 5.73. The minimum Gasteiger partial charge on any atom is -0.387 e. The minimum absolute atomic E-state index is 0. The summed E-state index contributed by atoms with van der Waals surface area (Å²) in [4.78, 5) is 57.3. The maximum absolute atomic E-state index is 12.1. The molecule has 2 aromatic rings. The molecule has 2 unspecified atom stereocenters. The number of nitrogens with one attached hydrogen (secondary N) is 1. The van der Waals surface area contributed by atoms with Crippen molar-refractivity contribution in [2.45, 2.75) is 24.5 Å². The average molecular weight is 595 g/mol. The number of nitrogens with zero attached hydrogens (tertiary/aromatic N) is 3. The van der Waals surface area contributed by atoms with Crippen LogP contribution < -0.4 is 35.9 Å². The maximum Gasteiger partial charge on any atom is 0.490 e. The predicted molar refractivity (Wildman–Crippen MR) is 118 cm³/mol. The first kappa shape index (κ1) is 28.8. The van der Waals surface area contributed by atoms with Crippen molar-refractivity contribution in [2.24, 2.45) is 0 Å². The van der Waals surface area contributed by atoms with Crippen LogP contribution in [0.5, 0.6) is 0 Å². The first-order chi connectivity index (χ1) is 16.0. The van der Waals surface area contributed by atoms with Crippen LogP contribution in [0.3, 0.4) is 0 Å². The molecule has 1 aliphatic heterocycles. The standard InChI is InChI=1S/C10H16N5O14P3.4H3N/c11-10-13-7-4(8(18)14-10)12-2-15(7)9-6(17)5(16)3(27-9)1-26-31(22,23)29-32(24,25)28-30(19,20)21;;;;/h2-3,5-6,9,16-17H,1H2,(H,22,23)(H,24,25)(H2,19,20,21)(H3,11,13,14,18);4*1H3/t3-,5-,6-,9-;;;;/m1..../s1/i1D2,3D,5D;;;;. The molecule has 6 atom stereocenters. The zero-order chi connectivity index (χ0) is 27.7. The Morgan fingerprint density at radius 2 is 1.72 bits per heavy atom. The Labute approximate surface area is 206 Å². The van der Waals surface area contributed by atoms with Crippen molar-refractivity contribution >= 4 is 40.6 Å². The summed E-state index contributed by atoms with van der Waals surface area (Å²) in [6, 6.07) is 0. The van der Waals surface area contributed by atoms with Gasteiger partial charge in [0.2, 0.25) is 5.95 Å². The van der Waals surface area contributed by atoms with E-state index in [0.717, 1.165) is 6.33 Å². The lowest BCUT2D eigenvalue weighted by atomic mass is 10.1. The number of rotatable bonds is 8. The highest BCUT2D eigenvalue weighted by atomic mass is 31.3. The first-order valence-electron chi connectivity index (χ1n) is 9.67. The highest BCUT2D eigenvalue weighted by Crippen LogP contribution is 2.66. The van der Waals surface area contributed by atoms with Crippen LogP contribution in [0.2, 0.25) is 0 Å². The minimum atomic E-state index is -6.25. The van der Waals surface area contributed by atoms with E-state index >= 15 is 0 Å². The Hall–Kier alpha value is -1.72. The Bertz CT molecular complexity index is 1400. The number of anilines is 1. The summed E-state index contributed by atoms with van der Waals surface area (Å²) in [6.45, 7) is -4.17. The van der Waals surface area contributed by atoms with Crippen LogP contribution >= 0.6 is 23.5 Å². The summed E-state index contributed by atoms with van der Waals surface area (Å²) >= 11 is 0. The van der Waals surface area contributed by atoms with Crippen LogP contribution in [0.25, 0.3) is 11.2 Å². The molecular weight excluding hydrogens is 563 g/mol. The number of phosphoric ester groups is 1. The van der Waals surface area contributed by atoms with E-state index < -0.39 is 77.2 Å². The molecule has 1 fully saturated rings. The second kappa shape index (κ2) is 12.7. The third kappa shape index (κ3) is 8.41. The lowest BCUT2D eigenvalue weighted by Gasteiger charge is -2.19. The Kier molecular flexibility index (Phi) is 10.2. The second-order valence-corrected chi connectivity index (χ2v) is 10.1. The number of aliphatic hydroxyl groups excluding tert-OH is 1. The van der Waals surface area contributed by atoms with Crippen LogP contribution in [0.15, 0.2) is 11.1 Å². The molecule has 0 spiro atoms. The van der Waals surface area contributed by atoms with Gasteiger partial charge in [-0.25, -0.2) is 18.7 Å². The van der Waals surface area contributed by atoms with Crippen molar-refractivity contribution in [3.05, 3.63) is 16.7 Å². The van der Waals surface area contributed by atoms with E-state index in [4.69, 9.17) is 25.7 Å². The molecule has 36 heavy (non-hydrogen) atoms. The fourth-order valence-corrected chi connectivity index (χ4v) is 5.16. The van der Waals surface area contributed by atoms with Gasteiger partial charge in [0.05, 0.1) is 18.4 Å². The van der Waals surface area contributed by atoms with Crippen LogP contribution in [-0.2, 0) is 31.6 Å². The monoisotopic (exact) mass is 595 g/mol. The molecule has 1 saturated heterocycles. The lowest BCUT2D eigenvalue weighted by Crippen LogP contribution is -2.33. The Morgan fingerprint density at radius 1 is 1.14 bits per heavy atom. The number of H-pyrrole nitrogens is 1. The molecule has 23 nitrogen and oxygen atoms in total. The molecule has 0 aromatic carbocycles. The van der Waals surface area contributed by atoms with Gasteiger partial charge in [0.15, 0.2) is 17.4 Å². The van der Waals surface area contributed by atoms with Crippen LogP contribution in [0.4, 0.5) is 5.95 Å². The molecule has 0 amide bonds. The van der Waals surface area contributed by atoms with Crippen LogP contribution in [0, 0.1) is 0 Å². The van der Waals surface area contributed by atoms with Crippen molar-refractivity contribution in [1.82, 2.24) is 44.1 Å². The van der Waals surface area contributed by atoms with Gasteiger partial charge in [-0.05, 0) is 0 Å². The molecule has 0 aliphatic carbocycles. The number of fused-ring (bicyclic) bond motifs is 1. The van der Waals surface area contributed by atoms with E-state index in [1.165, 1.54) is 0 Å². The van der Waals surface area contributed by atoms with Gasteiger partial charge in [-0.15, -0.1) is 0 Å². The Morgan fingerprint density at radius 3 is 2.28 bits per heavy atom. The number of nitrogen functional groups attached to an aromatic ring is 1. The largest absolute Gasteiger partial charge is 0.490 e. The number of nitrogens with two attached hydrogens (primary N) is 1. The number of hydrogen-bond acceptors (Lipinski definition) is 17. The van der Waals surface area contributed by atoms with Crippen LogP contribution in [-0.4, -0.2) is 74.1 Å². The summed E-state index contributed by atoms with van der Waals surface area (Å²) in [6.07, 6.45) is -11.6. The predicted octanol–water partition coefficient (Wildman–Crippen LogP) is -1.69. The molecule has 21 N–H and O–H groups in total. The molecular formula is C10H28N9O14P3. The smallest absolute Gasteiger partial charge is 0.387 e. The van der Waals surface area contributed by atoms with Gasteiger partial charge in [0.25, 0.3) is 5.56 Å². The van der Waals surface area contributed by atoms with Crippen LogP contribution in [0.1, 0.15) is 11.7 Å². The number of aliphatic hydroxyl groups is 2. The van der Waals surface area contributed by atoms with Crippen molar-refractivity contribution in [3.8, 4) is 0 Å². The fraction of sp³-hybridized carbons (Fsp3) is 0.500. The fourth-order valence-electron chi connectivity index (χ4n) is 2.32. The van der Waals surface area contributed by atoms with Gasteiger partial charge >= 0.3 is 23.5 Å². The van der Waals surface area contributed by atoms with E-state index in [1.54, 1.807) is 0 Å². The lowest BCUT2D eigenvalue weighted by molar-refractivity contribution is -0.0503. The van der Waals surface area contributed by atoms with Gasteiger partial charge < -0.3 is 64.9 Å². The summed E-state index contributed by atoms with van der Waals surface area (Å²) in [5.41, 5.74) is 3.74. The van der Waals surface area contributed by atoms with E-state index in [9.17, 15) is 38.5 Å². The molecule has 26 heteroatoms. The molecule has 1 aliphatic rings. The normalized spacial score (nSPS) is 30.9. The van der Waals surface area contributed by atoms with Gasteiger partial charge in [0, 0.05) is 0 Å². The highest BCUT2D eigenvalue weighted by Gasteiger charge is 2.47. The van der Waals surface area contributed by atoms with Crippen molar-refractivity contribution < 1.29 is 66.8 Å². The summed E-state index contributed by atoms with van der Waals surface area (Å²) in [7, 11) is -18.1. The Balaban J connectivity index is 0. The van der Waals surface area contributed by atoms with E-state index in [-0.39, 0.29) is 24.6 Å². The van der Waals surface area contributed by atoms with E-state index in [1.807, 2.05) is 0 Å². The van der Waals surface area contributed by atoms with Gasteiger partial charge in [-0.1, -0.05) is 0 Å². The number of phosphoric acid groups is 3. The molecule has 0 bridgehead atoms. The summed E-state index contributed by atoms with van der Waals surface area (Å²) in [5.74, 6) is -0.456. The molecule has 3 heterocycles. The zero-order valence-electron chi connectivity index (χ0n) is 21.8. The topological polar surface area (TPSA) is 439 Å². The third-order valence-electron chi connectivity index (χ3n) is 3.42. The van der Waals surface area contributed by atoms with Crippen molar-refractivity contribution in [1.29, 1.82) is 0 Å². The number of aromatic nitrogens is 4. The third-order valence-corrected chi connectivity index (χ3v) is 7.07. The highest BCUT2D eigenvalue weighted by molar-refractivity contribution is 7.66. The van der Waals surface area contributed by atoms with Crippen molar-refractivity contribution in [2.75, 3.05) is 12.3 Å². The number of aromatic amines is 1. The van der Waals surface area contributed by atoms with Gasteiger partial charge in [-0.3, -0.25) is 18.9 Å². The van der Waals surface area contributed by atoms with Crippen molar-refractivity contribution in [3.63, 3.8) is 0 Å². The zero-order valence-corrected chi connectivity index (χ0v) is 20.5. The van der Waals surface area contributed by atoms with E-state index in [0.29, 0.717) is 4.57 Å². The summed E-state index contributed by atoms with van der Waals surface area (Å²) in [5, 5.41) is 20.9. The molecule has 3 rings (SSSR count). The first-order valence-corrected chi connectivity index (χ1v) is 12.2. The van der Waals surface area contributed by atoms with Gasteiger partial charge in [-0.2, -0.15) is 13.6 Å². The molecule has 212 valence electrons. The summed E-state index contributed by atoms with van der Waals surface area (Å²) < 4.78 is 82.4. The molecule has 2 aromatic heterocycles. The number of imidazole rings is 1. The molecule has 0 saturated carbocycles. The quantitative estimate of drug-likeness (QED) is 0.151. The number of ether oxygens (including phenoxy) is 1. The average Bonchev–Trinajstić information content (AvgIpc) is 3.11. The van der Waals surface area contributed by atoms with Gasteiger partial charge in [0.1, 0.15) is 18.3 Å². The number of hydrogen-bond donors (Lipinski definition) is 12.